The number of piperidine rings is 1. The number of nitro groups is 1. The van der Waals surface area contributed by atoms with Gasteiger partial charge in [0.15, 0.2) is 0 Å². The summed E-state index contributed by atoms with van der Waals surface area (Å²) in [5, 5.41) is 11.6. The molecule has 1 heterocycles. The van der Waals surface area contributed by atoms with Crippen LogP contribution in [0.2, 0.25) is 5.02 Å². The average molecular weight is 284 g/mol. The molecule has 0 saturated carbocycles. The largest absolute Gasteiger partial charge is 0.360 e. The van der Waals surface area contributed by atoms with Gasteiger partial charge in [-0.05, 0) is 32.3 Å². The van der Waals surface area contributed by atoms with Crippen LogP contribution < -0.4 is 10.6 Å². The zero-order chi connectivity index (χ0) is 14.0. The Morgan fingerprint density at radius 2 is 2.26 bits per heavy atom. The lowest BCUT2D eigenvalue weighted by atomic mass is 9.96. The normalized spacial score (nSPS) is 21.2. The van der Waals surface area contributed by atoms with Gasteiger partial charge in [0.05, 0.1) is 9.95 Å². The molecule has 1 fully saturated rings. The Hall–Kier alpha value is -1.33. The molecule has 0 spiro atoms. The number of nitro benzene ring substituents is 1. The van der Waals surface area contributed by atoms with Gasteiger partial charge >= 0.3 is 0 Å². The topological polar surface area (TPSA) is 72.4 Å². The molecule has 1 aliphatic rings. The highest BCUT2D eigenvalue weighted by Gasteiger charge is 2.31. The first-order chi connectivity index (χ1) is 9.02. The highest BCUT2D eigenvalue weighted by molar-refractivity contribution is 6.33. The van der Waals surface area contributed by atoms with Crippen LogP contribution in [-0.4, -0.2) is 23.6 Å². The first-order valence-corrected chi connectivity index (χ1v) is 6.85. The van der Waals surface area contributed by atoms with Gasteiger partial charge in [0.2, 0.25) is 0 Å². The molecule has 1 aromatic rings. The number of rotatable bonds is 3. The van der Waals surface area contributed by atoms with Crippen molar-refractivity contribution in [2.45, 2.75) is 38.3 Å². The maximum Gasteiger partial charge on any atom is 0.294 e. The van der Waals surface area contributed by atoms with Crippen molar-refractivity contribution in [2.24, 2.45) is 5.73 Å². The third kappa shape index (κ3) is 2.82. The van der Waals surface area contributed by atoms with Gasteiger partial charge in [-0.1, -0.05) is 17.7 Å². The second-order valence-corrected chi connectivity index (χ2v) is 5.39. The van der Waals surface area contributed by atoms with Crippen LogP contribution in [0.15, 0.2) is 18.2 Å². The molecule has 0 aromatic heterocycles. The van der Waals surface area contributed by atoms with Crippen molar-refractivity contribution in [3.63, 3.8) is 0 Å². The molecule has 2 unspecified atom stereocenters. The first-order valence-electron chi connectivity index (χ1n) is 6.47. The molecule has 1 aliphatic heterocycles. The van der Waals surface area contributed by atoms with E-state index in [9.17, 15) is 10.1 Å². The summed E-state index contributed by atoms with van der Waals surface area (Å²) in [6.07, 6.45) is 3.05. The third-order valence-corrected chi connectivity index (χ3v) is 3.91. The fourth-order valence-corrected chi connectivity index (χ4v) is 3.00. The smallest absolute Gasteiger partial charge is 0.294 e. The summed E-state index contributed by atoms with van der Waals surface area (Å²) in [5.41, 5.74) is 6.58. The predicted octanol–water partition coefficient (Wildman–Crippen LogP) is 2.95. The Kier molecular flexibility index (Phi) is 4.27. The van der Waals surface area contributed by atoms with E-state index in [1.54, 1.807) is 12.1 Å². The fraction of sp³-hybridized carbons (Fsp3) is 0.538. The van der Waals surface area contributed by atoms with Crippen molar-refractivity contribution in [1.29, 1.82) is 0 Å². The number of nitrogens with two attached hydrogens (primary N) is 1. The molecule has 19 heavy (non-hydrogen) atoms. The number of benzene rings is 1. The Bertz CT molecular complexity index is 479. The first kappa shape index (κ1) is 14.1. The lowest BCUT2D eigenvalue weighted by Crippen LogP contribution is -2.49. The lowest BCUT2D eigenvalue weighted by Gasteiger charge is -2.39. The molecule has 2 rings (SSSR count). The van der Waals surface area contributed by atoms with E-state index in [4.69, 9.17) is 17.3 Å². The minimum atomic E-state index is -0.381. The number of hydrogen-bond donors (Lipinski definition) is 1. The molecule has 0 aliphatic carbocycles. The predicted molar refractivity (Wildman–Crippen MR) is 76.7 cm³/mol. The molecule has 104 valence electrons. The summed E-state index contributed by atoms with van der Waals surface area (Å²) in [6.45, 7) is 2.70. The zero-order valence-corrected chi connectivity index (χ0v) is 11.6. The summed E-state index contributed by atoms with van der Waals surface area (Å²) >= 11 is 6.19. The van der Waals surface area contributed by atoms with Gasteiger partial charge in [-0.25, -0.2) is 0 Å². The van der Waals surface area contributed by atoms with E-state index in [1.165, 1.54) is 6.07 Å². The summed E-state index contributed by atoms with van der Waals surface area (Å²) in [4.78, 5) is 12.8. The van der Waals surface area contributed by atoms with E-state index in [-0.39, 0.29) is 22.7 Å². The quantitative estimate of drug-likeness (QED) is 0.684. The van der Waals surface area contributed by atoms with Gasteiger partial charge in [-0.15, -0.1) is 0 Å². The van der Waals surface area contributed by atoms with Gasteiger partial charge in [0.25, 0.3) is 5.69 Å². The van der Waals surface area contributed by atoms with E-state index in [0.717, 1.165) is 25.8 Å². The van der Waals surface area contributed by atoms with Crippen molar-refractivity contribution in [2.75, 3.05) is 11.4 Å². The van der Waals surface area contributed by atoms with Crippen LogP contribution in [0.25, 0.3) is 0 Å². The highest BCUT2D eigenvalue weighted by Crippen LogP contribution is 2.39. The van der Waals surface area contributed by atoms with Crippen LogP contribution in [0.4, 0.5) is 11.4 Å². The lowest BCUT2D eigenvalue weighted by molar-refractivity contribution is -0.384. The minimum Gasteiger partial charge on any atom is -0.360 e. The van der Waals surface area contributed by atoms with Gasteiger partial charge < -0.3 is 10.6 Å². The molecule has 5 nitrogen and oxygen atoms in total. The van der Waals surface area contributed by atoms with Crippen LogP contribution in [0.3, 0.4) is 0 Å². The molecule has 1 aromatic carbocycles. The van der Waals surface area contributed by atoms with Crippen molar-refractivity contribution < 1.29 is 4.92 Å². The maximum absolute atomic E-state index is 11.2. The molecule has 0 amide bonds. The van der Waals surface area contributed by atoms with Crippen LogP contribution in [0, 0.1) is 10.1 Å². The molecule has 0 bridgehead atoms. The molecule has 2 atom stereocenters. The third-order valence-electron chi connectivity index (χ3n) is 3.61. The molecular formula is C13H18ClN3O2. The maximum atomic E-state index is 11.2. The fourth-order valence-electron chi connectivity index (χ4n) is 2.72. The summed E-state index contributed by atoms with van der Waals surface area (Å²) < 4.78 is 0. The molecule has 6 heteroatoms. The Morgan fingerprint density at radius 3 is 2.89 bits per heavy atom. The Labute approximate surface area is 117 Å². The van der Waals surface area contributed by atoms with Gasteiger partial charge in [-0.2, -0.15) is 0 Å². The number of anilines is 1. The molecule has 1 saturated heterocycles. The van der Waals surface area contributed by atoms with Gasteiger partial charge in [0.1, 0.15) is 5.69 Å². The second-order valence-electron chi connectivity index (χ2n) is 4.98. The van der Waals surface area contributed by atoms with E-state index < -0.39 is 0 Å². The van der Waals surface area contributed by atoms with Crippen LogP contribution in [0.5, 0.6) is 0 Å². The van der Waals surface area contributed by atoms with E-state index in [0.29, 0.717) is 10.7 Å². The average Bonchev–Trinajstić information content (AvgIpc) is 2.38. The van der Waals surface area contributed by atoms with Crippen LogP contribution in [0.1, 0.15) is 26.2 Å². The Morgan fingerprint density at radius 1 is 1.53 bits per heavy atom. The summed E-state index contributed by atoms with van der Waals surface area (Å²) in [6, 6.07) is 4.85. The molecule has 2 N–H and O–H groups in total. The monoisotopic (exact) mass is 283 g/mol. The van der Waals surface area contributed by atoms with Crippen LogP contribution >= 0.6 is 11.6 Å². The number of halogens is 1. The summed E-state index contributed by atoms with van der Waals surface area (Å²) in [5.74, 6) is 0. The highest BCUT2D eigenvalue weighted by atomic mass is 35.5. The van der Waals surface area contributed by atoms with Gasteiger partial charge in [-0.3, -0.25) is 10.1 Å². The minimum absolute atomic E-state index is 0.0452. The standard InChI is InChI=1S/C13H18ClN3O2/c1-9(15)11-6-2-3-8-16(11)13-10(14)5-4-7-12(13)17(18)19/h4-5,7,9,11H,2-3,6,8,15H2,1H3. The van der Waals surface area contributed by atoms with Crippen molar-refractivity contribution in [3.05, 3.63) is 33.3 Å². The summed E-state index contributed by atoms with van der Waals surface area (Å²) in [7, 11) is 0. The number of nitrogens with zero attached hydrogens (tertiary/aromatic N) is 2. The Balaban J connectivity index is 2.46. The number of hydrogen-bond acceptors (Lipinski definition) is 4. The van der Waals surface area contributed by atoms with Gasteiger partial charge in [0, 0.05) is 24.7 Å². The van der Waals surface area contributed by atoms with Crippen molar-refractivity contribution in [3.8, 4) is 0 Å². The molecular weight excluding hydrogens is 266 g/mol. The van der Waals surface area contributed by atoms with Crippen LogP contribution in [-0.2, 0) is 0 Å². The number of para-hydroxylation sites is 1. The van der Waals surface area contributed by atoms with E-state index >= 15 is 0 Å². The SMILES string of the molecule is CC(N)C1CCCCN1c1c(Cl)cccc1[N+](=O)[O-]. The van der Waals surface area contributed by atoms with Crippen molar-refractivity contribution in [1.82, 2.24) is 0 Å². The van der Waals surface area contributed by atoms with Crippen molar-refractivity contribution >= 4 is 23.0 Å². The van der Waals surface area contributed by atoms with E-state index in [2.05, 4.69) is 0 Å². The zero-order valence-electron chi connectivity index (χ0n) is 10.9. The van der Waals surface area contributed by atoms with E-state index in [1.807, 2.05) is 11.8 Å². The molecule has 0 radical (unpaired) electrons. The second kappa shape index (κ2) is 5.75.